The molecule has 0 aliphatic rings. The van der Waals surface area contributed by atoms with Gasteiger partial charge in [-0.05, 0) is 46.4 Å². The Labute approximate surface area is 111 Å². The summed E-state index contributed by atoms with van der Waals surface area (Å²) < 4.78 is 1.97. The van der Waals surface area contributed by atoms with E-state index in [1.54, 1.807) is 6.33 Å². The quantitative estimate of drug-likeness (QED) is 0.680. The van der Waals surface area contributed by atoms with Gasteiger partial charge in [-0.2, -0.15) is 5.10 Å². The predicted octanol–water partition coefficient (Wildman–Crippen LogP) is 1.68. The summed E-state index contributed by atoms with van der Waals surface area (Å²) >= 11 is 0. The molecule has 0 spiro atoms. The topological polar surface area (TPSA) is 46.0 Å². The molecular weight excluding hydrogens is 226 g/mol. The molecule has 0 aliphatic heterocycles. The van der Waals surface area contributed by atoms with Gasteiger partial charge in [0.15, 0.2) is 0 Å². The molecule has 1 N–H and O–H groups in total. The molecule has 0 aromatic carbocycles. The SMILES string of the molecule is CCN(CC)CCCNCc1ncnn1C(C)C. The van der Waals surface area contributed by atoms with Gasteiger partial charge in [0, 0.05) is 6.04 Å². The molecule has 5 nitrogen and oxygen atoms in total. The van der Waals surface area contributed by atoms with Crippen LogP contribution in [0, 0.1) is 0 Å². The van der Waals surface area contributed by atoms with Gasteiger partial charge in [0.05, 0.1) is 6.54 Å². The van der Waals surface area contributed by atoms with E-state index in [0.29, 0.717) is 6.04 Å². The molecule has 18 heavy (non-hydrogen) atoms. The van der Waals surface area contributed by atoms with Crippen LogP contribution in [0.1, 0.15) is 46.0 Å². The fourth-order valence-electron chi connectivity index (χ4n) is 2.00. The average Bonchev–Trinajstić information content (AvgIpc) is 2.82. The van der Waals surface area contributed by atoms with Crippen LogP contribution >= 0.6 is 0 Å². The van der Waals surface area contributed by atoms with Gasteiger partial charge >= 0.3 is 0 Å². The highest BCUT2D eigenvalue weighted by molar-refractivity contribution is 4.85. The van der Waals surface area contributed by atoms with E-state index < -0.39 is 0 Å². The van der Waals surface area contributed by atoms with Crippen LogP contribution in [0.2, 0.25) is 0 Å². The largest absolute Gasteiger partial charge is 0.310 e. The van der Waals surface area contributed by atoms with Crippen molar-refractivity contribution < 1.29 is 0 Å². The third kappa shape index (κ3) is 4.74. The van der Waals surface area contributed by atoms with Crippen molar-refractivity contribution in [3.63, 3.8) is 0 Å². The molecular formula is C13H27N5. The van der Waals surface area contributed by atoms with E-state index in [9.17, 15) is 0 Å². The van der Waals surface area contributed by atoms with Crippen LogP contribution in [0.15, 0.2) is 6.33 Å². The van der Waals surface area contributed by atoms with E-state index in [1.165, 1.54) is 6.42 Å². The van der Waals surface area contributed by atoms with Gasteiger partial charge in [0.25, 0.3) is 0 Å². The standard InChI is InChI=1S/C13H27N5/c1-5-17(6-2)9-7-8-14-10-13-15-11-16-18(13)12(3)4/h11-12,14H,5-10H2,1-4H3. The van der Waals surface area contributed by atoms with Crippen molar-refractivity contribution in [1.29, 1.82) is 0 Å². The Morgan fingerprint density at radius 2 is 2.06 bits per heavy atom. The summed E-state index contributed by atoms with van der Waals surface area (Å²) in [6, 6.07) is 0.375. The lowest BCUT2D eigenvalue weighted by Crippen LogP contribution is -2.27. The minimum Gasteiger partial charge on any atom is -0.310 e. The Balaban J connectivity index is 2.20. The minimum atomic E-state index is 0.375. The molecule has 0 saturated heterocycles. The fourth-order valence-corrected chi connectivity index (χ4v) is 2.00. The first kappa shape index (κ1) is 15.1. The van der Waals surface area contributed by atoms with Gasteiger partial charge in [0.2, 0.25) is 0 Å². The smallest absolute Gasteiger partial charge is 0.141 e. The Morgan fingerprint density at radius 1 is 1.33 bits per heavy atom. The van der Waals surface area contributed by atoms with Crippen LogP contribution in [0.4, 0.5) is 0 Å². The minimum absolute atomic E-state index is 0.375. The Hall–Kier alpha value is -0.940. The molecule has 0 radical (unpaired) electrons. The van der Waals surface area contributed by atoms with Gasteiger partial charge in [-0.1, -0.05) is 13.8 Å². The van der Waals surface area contributed by atoms with Crippen LogP contribution in [-0.4, -0.2) is 45.8 Å². The number of hydrogen-bond acceptors (Lipinski definition) is 4. The zero-order valence-corrected chi connectivity index (χ0v) is 12.2. The van der Waals surface area contributed by atoms with E-state index >= 15 is 0 Å². The molecule has 1 heterocycles. The molecule has 1 aromatic heterocycles. The molecule has 1 rings (SSSR count). The molecule has 104 valence electrons. The molecule has 0 amide bonds. The van der Waals surface area contributed by atoms with Crippen molar-refractivity contribution in [2.45, 2.75) is 46.7 Å². The second-order valence-electron chi connectivity index (χ2n) is 4.77. The lowest BCUT2D eigenvalue weighted by molar-refractivity contribution is 0.297. The molecule has 0 atom stereocenters. The molecule has 0 fully saturated rings. The van der Waals surface area contributed by atoms with E-state index in [1.807, 2.05) is 4.68 Å². The molecule has 0 unspecified atom stereocenters. The summed E-state index contributed by atoms with van der Waals surface area (Å²) in [7, 11) is 0. The Kier molecular flexibility index (Phi) is 6.90. The highest BCUT2D eigenvalue weighted by atomic mass is 15.3. The summed E-state index contributed by atoms with van der Waals surface area (Å²) in [6.07, 6.45) is 2.81. The highest BCUT2D eigenvalue weighted by Gasteiger charge is 2.06. The lowest BCUT2D eigenvalue weighted by atomic mass is 10.3. The number of nitrogens with one attached hydrogen (secondary N) is 1. The summed E-state index contributed by atoms with van der Waals surface area (Å²) in [5, 5.41) is 7.66. The number of hydrogen-bond donors (Lipinski definition) is 1. The maximum atomic E-state index is 4.28. The summed E-state index contributed by atoms with van der Waals surface area (Å²) in [5.74, 6) is 1.02. The van der Waals surface area contributed by atoms with Crippen LogP contribution in [0.3, 0.4) is 0 Å². The molecule has 0 bridgehead atoms. The van der Waals surface area contributed by atoms with Crippen molar-refractivity contribution in [3.05, 3.63) is 12.2 Å². The highest BCUT2D eigenvalue weighted by Crippen LogP contribution is 2.04. The first-order valence-corrected chi connectivity index (χ1v) is 7.00. The first-order valence-electron chi connectivity index (χ1n) is 7.00. The van der Waals surface area contributed by atoms with Gasteiger partial charge in [-0.3, -0.25) is 0 Å². The van der Waals surface area contributed by atoms with Crippen molar-refractivity contribution >= 4 is 0 Å². The third-order valence-corrected chi connectivity index (χ3v) is 3.14. The van der Waals surface area contributed by atoms with Gasteiger partial charge < -0.3 is 10.2 Å². The Morgan fingerprint density at radius 3 is 2.67 bits per heavy atom. The molecule has 5 heteroatoms. The van der Waals surface area contributed by atoms with Crippen LogP contribution < -0.4 is 5.32 Å². The van der Waals surface area contributed by atoms with Crippen LogP contribution in [0.5, 0.6) is 0 Å². The first-order chi connectivity index (χ1) is 8.69. The summed E-state index contributed by atoms with van der Waals surface area (Å²) in [4.78, 5) is 6.72. The van der Waals surface area contributed by atoms with Crippen molar-refractivity contribution in [2.75, 3.05) is 26.2 Å². The van der Waals surface area contributed by atoms with E-state index in [0.717, 1.165) is 38.5 Å². The lowest BCUT2D eigenvalue weighted by Gasteiger charge is -2.17. The zero-order valence-electron chi connectivity index (χ0n) is 12.2. The van der Waals surface area contributed by atoms with Gasteiger partial charge in [-0.15, -0.1) is 0 Å². The second kappa shape index (κ2) is 8.21. The summed E-state index contributed by atoms with van der Waals surface area (Å²) in [5.41, 5.74) is 0. The van der Waals surface area contributed by atoms with Crippen molar-refractivity contribution in [1.82, 2.24) is 25.0 Å². The van der Waals surface area contributed by atoms with E-state index in [4.69, 9.17) is 0 Å². The number of nitrogens with zero attached hydrogens (tertiary/aromatic N) is 4. The van der Waals surface area contributed by atoms with Crippen molar-refractivity contribution in [2.24, 2.45) is 0 Å². The van der Waals surface area contributed by atoms with Crippen LogP contribution in [0.25, 0.3) is 0 Å². The normalized spacial score (nSPS) is 11.7. The predicted molar refractivity (Wildman–Crippen MR) is 74.5 cm³/mol. The van der Waals surface area contributed by atoms with Crippen molar-refractivity contribution in [3.8, 4) is 0 Å². The fraction of sp³-hybridized carbons (Fsp3) is 0.846. The van der Waals surface area contributed by atoms with Crippen LogP contribution in [-0.2, 0) is 6.54 Å². The van der Waals surface area contributed by atoms with Gasteiger partial charge in [-0.25, -0.2) is 9.67 Å². The third-order valence-electron chi connectivity index (χ3n) is 3.14. The monoisotopic (exact) mass is 253 g/mol. The number of rotatable bonds is 9. The molecule has 1 aromatic rings. The molecule has 0 saturated carbocycles. The average molecular weight is 253 g/mol. The summed E-state index contributed by atoms with van der Waals surface area (Å²) in [6.45, 7) is 13.9. The second-order valence-corrected chi connectivity index (χ2v) is 4.77. The molecule has 0 aliphatic carbocycles. The maximum absolute atomic E-state index is 4.28. The van der Waals surface area contributed by atoms with E-state index in [2.05, 4.69) is 48.0 Å². The van der Waals surface area contributed by atoms with E-state index in [-0.39, 0.29) is 0 Å². The number of aromatic nitrogens is 3. The zero-order chi connectivity index (χ0) is 13.4. The maximum Gasteiger partial charge on any atom is 0.141 e. The Bertz CT molecular complexity index is 317. The van der Waals surface area contributed by atoms with Gasteiger partial charge in [0.1, 0.15) is 12.2 Å².